The molecule has 0 saturated heterocycles. The fraction of sp³-hybridized carbons (Fsp3) is 0.385. The van der Waals surface area contributed by atoms with Crippen LogP contribution in [0.4, 0.5) is 0 Å². The van der Waals surface area contributed by atoms with Crippen LogP contribution in [-0.2, 0) is 6.42 Å². The van der Waals surface area contributed by atoms with Crippen LogP contribution >= 0.6 is 0 Å². The second-order valence-corrected chi connectivity index (χ2v) is 4.40. The Balaban J connectivity index is 1.78. The van der Waals surface area contributed by atoms with E-state index in [4.69, 9.17) is 4.42 Å². The molecule has 0 aliphatic rings. The Hall–Kier alpha value is -2.04. The summed E-state index contributed by atoms with van der Waals surface area (Å²) < 4.78 is 5.48. The van der Waals surface area contributed by atoms with Gasteiger partial charge in [0.2, 0.25) is 0 Å². The van der Waals surface area contributed by atoms with Crippen LogP contribution in [0.3, 0.4) is 0 Å². The Morgan fingerprint density at radius 1 is 1.50 bits per heavy atom. The van der Waals surface area contributed by atoms with Gasteiger partial charge in [0.25, 0.3) is 5.91 Å². The molecule has 0 aliphatic heterocycles. The molecule has 96 valence electrons. The molecule has 1 amide bonds. The molecule has 0 spiro atoms. The van der Waals surface area contributed by atoms with Crippen molar-refractivity contribution in [2.24, 2.45) is 0 Å². The molecule has 0 aliphatic carbocycles. The zero-order valence-corrected chi connectivity index (χ0v) is 10.6. The number of H-pyrrole nitrogens is 1. The van der Waals surface area contributed by atoms with Crippen LogP contribution in [0.15, 0.2) is 28.8 Å². The number of furan rings is 1. The summed E-state index contributed by atoms with van der Waals surface area (Å²) in [4.78, 5) is 11.7. The number of nitrogens with zero attached hydrogens (tertiary/aromatic N) is 1. The van der Waals surface area contributed by atoms with Gasteiger partial charge in [-0.1, -0.05) is 0 Å². The van der Waals surface area contributed by atoms with Crippen LogP contribution < -0.4 is 5.32 Å². The molecule has 2 rings (SSSR count). The maximum absolute atomic E-state index is 11.7. The lowest BCUT2D eigenvalue weighted by atomic mass is 10.1. The number of hydrogen-bond donors (Lipinski definition) is 2. The van der Waals surface area contributed by atoms with Crippen LogP contribution in [-0.4, -0.2) is 22.1 Å². The number of aryl methyl sites for hydroxylation is 2. The monoisotopic (exact) mass is 247 g/mol. The molecule has 0 fully saturated rings. The summed E-state index contributed by atoms with van der Waals surface area (Å²) in [5.41, 5.74) is 0.482. The van der Waals surface area contributed by atoms with Gasteiger partial charge in [0.05, 0.1) is 0 Å². The Kier molecular flexibility index (Phi) is 3.82. The van der Waals surface area contributed by atoms with Crippen molar-refractivity contribution in [3.05, 3.63) is 41.6 Å². The van der Waals surface area contributed by atoms with Crippen LogP contribution in [0.5, 0.6) is 0 Å². The molecule has 0 unspecified atom stereocenters. The zero-order chi connectivity index (χ0) is 13.0. The van der Waals surface area contributed by atoms with Gasteiger partial charge in [-0.3, -0.25) is 9.89 Å². The fourth-order valence-corrected chi connectivity index (χ4v) is 1.73. The highest BCUT2D eigenvalue weighted by molar-refractivity contribution is 5.92. The molecule has 2 aromatic heterocycles. The Morgan fingerprint density at radius 2 is 2.33 bits per heavy atom. The minimum atomic E-state index is -0.129. The number of aromatic nitrogens is 2. The minimum Gasteiger partial charge on any atom is -0.466 e. The van der Waals surface area contributed by atoms with E-state index < -0.39 is 0 Å². The average Bonchev–Trinajstić information content (AvgIpc) is 2.97. The van der Waals surface area contributed by atoms with E-state index in [9.17, 15) is 4.79 Å². The van der Waals surface area contributed by atoms with Crippen molar-refractivity contribution in [1.29, 1.82) is 0 Å². The highest BCUT2D eigenvalue weighted by Crippen LogP contribution is 2.10. The largest absolute Gasteiger partial charge is 0.466 e. The third-order valence-electron chi connectivity index (χ3n) is 2.74. The summed E-state index contributed by atoms with van der Waals surface area (Å²) in [6.07, 6.45) is 3.22. The summed E-state index contributed by atoms with van der Waals surface area (Å²) in [5, 5.41) is 9.29. The number of aromatic amines is 1. The third kappa shape index (κ3) is 3.23. The van der Waals surface area contributed by atoms with Crippen molar-refractivity contribution in [2.45, 2.75) is 32.7 Å². The lowest BCUT2D eigenvalue weighted by Crippen LogP contribution is -2.33. The van der Waals surface area contributed by atoms with Crippen molar-refractivity contribution in [3.63, 3.8) is 0 Å². The molecule has 18 heavy (non-hydrogen) atoms. The van der Waals surface area contributed by atoms with Gasteiger partial charge in [0.15, 0.2) is 0 Å². The molecule has 2 heterocycles. The van der Waals surface area contributed by atoms with Gasteiger partial charge in [-0.15, -0.1) is 0 Å². The van der Waals surface area contributed by atoms with E-state index >= 15 is 0 Å². The predicted octanol–water partition coefficient (Wildman–Crippen LogP) is 2.06. The van der Waals surface area contributed by atoms with Crippen LogP contribution in [0.1, 0.15) is 35.4 Å². The molecule has 2 N–H and O–H groups in total. The minimum absolute atomic E-state index is 0.0891. The Morgan fingerprint density at radius 3 is 2.94 bits per heavy atom. The van der Waals surface area contributed by atoms with Crippen molar-refractivity contribution in [3.8, 4) is 0 Å². The highest BCUT2D eigenvalue weighted by atomic mass is 16.3. The van der Waals surface area contributed by atoms with Crippen molar-refractivity contribution in [1.82, 2.24) is 15.5 Å². The van der Waals surface area contributed by atoms with Crippen LogP contribution in [0, 0.1) is 6.92 Å². The second kappa shape index (κ2) is 5.53. The molecule has 5 nitrogen and oxygen atoms in total. The van der Waals surface area contributed by atoms with Gasteiger partial charge < -0.3 is 9.73 Å². The first kappa shape index (κ1) is 12.4. The van der Waals surface area contributed by atoms with Gasteiger partial charge in [-0.25, -0.2) is 0 Å². The number of carbonyl (C=O) groups excluding carboxylic acids is 1. The first-order valence-corrected chi connectivity index (χ1v) is 6.00. The van der Waals surface area contributed by atoms with Crippen LogP contribution in [0.25, 0.3) is 0 Å². The normalized spacial score (nSPS) is 12.3. The van der Waals surface area contributed by atoms with Gasteiger partial charge in [0, 0.05) is 18.7 Å². The molecule has 0 radical (unpaired) electrons. The number of hydrogen-bond acceptors (Lipinski definition) is 3. The van der Waals surface area contributed by atoms with E-state index in [1.165, 1.54) is 0 Å². The summed E-state index contributed by atoms with van der Waals surface area (Å²) >= 11 is 0. The Bertz CT molecular complexity index is 502. The van der Waals surface area contributed by atoms with Gasteiger partial charge in [0.1, 0.15) is 17.2 Å². The smallest absolute Gasteiger partial charge is 0.269 e. The zero-order valence-electron chi connectivity index (χ0n) is 10.6. The first-order valence-electron chi connectivity index (χ1n) is 6.00. The summed E-state index contributed by atoms with van der Waals surface area (Å²) in [6, 6.07) is 5.66. The van der Waals surface area contributed by atoms with E-state index in [0.29, 0.717) is 5.69 Å². The molecule has 0 bridgehead atoms. The number of nitrogens with one attached hydrogen (secondary N) is 2. The summed E-state index contributed by atoms with van der Waals surface area (Å²) in [6.45, 7) is 3.90. The maximum atomic E-state index is 11.7. The standard InChI is InChI=1S/C13H17N3O2/c1-9(3-5-11-6-4-10(2)18-11)15-13(17)12-7-8-14-16-12/h4,6-9H,3,5H2,1-2H3,(H,14,16)(H,15,17)/t9-/m1/s1. The number of rotatable bonds is 5. The average molecular weight is 247 g/mol. The topological polar surface area (TPSA) is 70.9 Å². The molecule has 5 heteroatoms. The third-order valence-corrected chi connectivity index (χ3v) is 2.74. The van der Waals surface area contributed by atoms with E-state index in [1.54, 1.807) is 12.3 Å². The SMILES string of the molecule is Cc1ccc(CC[C@@H](C)NC(=O)c2ccn[nH]2)o1. The molecule has 2 aromatic rings. The second-order valence-electron chi connectivity index (χ2n) is 4.40. The van der Waals surface area contributed by atoms with E-state index in [1.807, 2.05) is 26.0 Å². The van der Waals surface area contributed by atoms with Crippen molar-refractivity contribution >= 4 is 5.91 Å². The molecular formula is C13H17N3O2. The predicted molar refractivity (Wildman–Crippen MR) is 67.3 cm³/mol. The lowest BCUT2D eigenvalue weighted by molar-refractivity contribution is 0.0933. The van der Waals surface area contributed by atoms with Crippen molar-refractivity contribution in [2.75, 3.05) is 0 Å². The molecule has 0 saturated carbocycles. The van der Waals surface area contributed by atoms with Crippen LogP contribution in [0.2, 0.25) is 0 Å². The van der Waals surface area contributed by atoms with Gasteiger partial charge in [-0.2, -0.15) is 5.10 Å². The van der Waals surface area contributed by atoms with Gasteiger partial charge in [-0.05, 0) is 38.5 Å². The quantitative estimate of drug-likeness (QED) is 0.849. The number of amides is 1. The fourth-order valence-electron chi connectivity index (χ4n) is 1.73. The highest BCUT2D eigenvalue weighted by Gasteiger charge is 2.11. The summed E-state index contributed by atoms with van der Waals surface area (Å²) in [7, 11) is 0. The lowest BCUT2D eigenvalue weighted by Gasteiger charge is -2.12. The van der Waals surface area contributed by atoms with E-state index in [0.717, 1.165) is 24.4 Å². The maximum Gasteiger partial charge on any atom is 0.269 e. The number of carbonyl (C=O) groups is 1. The van der Waals surface area contributed by atoms with Crippen molar-refractivity contribution < 1.29 is 9.21 Å². The Labute approximate surface area is 106 Å². The van der Waals surface area contributed by atoms with E-state index in [2.05, 4.69) is 15.5 Å². The molecular weight excluding hydrogens is 230 g/mol. The first-order chi connectivity index (χ1) is 8.65. The molecule has 0 aromatic carbocycles. The summed E-state index contributed by atoms with van der Waals surface area (Å²) in [5.74, 6) is 1.74. The van der Waals surface area contributed by atoms with Gasteiger partial charge >= 0.3 is 0 Å². The molecule has 1 atom stereocenters. The van der Waals surface area contributed by atoms with E-state index in [-0.39, 0.29) is 11.9 Å².